The van der Waals surface area contributed by atoms with Crippen LogP contribution in [-0.2, 0) is 11.3 Å². The number of aromatic nitrogens is 3. The van der Waals surface area contributed by atoms with Gasteiger partial charge in [-0.1, -0.05) is 0 Å². The second kappa shape index (κ2) is 8.45. The molecule has 0 saturated carbocycles. The normalized spacial score (nSPS) is 16.6. The van der Waals surface area contributed by atoms with Crippen LogP contribution in [0.5, 0.6) is 0 Å². The zero-order valence-corrected chi connectivity index (χ0v) is 17.8. The highest BCUT2D eigenvalue weighted by Gasteiger charge is 2.28. The first kappa shape index (κ1) is 21.0. The maximum Gasteiger partial charge on any atom is 0.250 e. The maximum absolute atomic E-state index is 13.6. The molecule has 2 N–H and O–H groups in total. The summed E-state index contributed by atoms with van der Waals surface area (Å²) in [5.41, 5.74) is 9.06. The number of halogens is 1. The van der Waals surface area contributed by atoms with E-state index in [9.17, 15) is 14.0 Å². The largest absolute Gasteiger partial charge is 0.366 e. The van der Waals surface area contributed by atoms with Crippen LogP contribution in [-0.4, -0.2) is 44.6 Å². The molecule has 0 unspecified atom stereocenters. The Morgan fingerprint density at radius 1 is 1.23 bits per heavy atom. The lowest BCUT2D eigenvalue weighted by molar-refractivity contribution is -0.132. The smallest absolute Gasteiger partial charge is 0.250 e. The SMILES string of the molecule is Cc1cc(C)n(CCC(=O)N2CCC[C@@H](c3nc4ccc(F)cc4cc3C(N)=O)C2)n1. The average Bonchev–Trinajstić information content (AvgIpc) is 3.07. The lowest BCUT2D eigenvalue weighted by atomic mass is 9.90. The van der Waals surface area contributed by atoms with Gasteiger partial charge in [0.05, 0.1) is 22.5 Å². The summed E-state index contributed by atoms with van der Waals surface area (Å²) in [5, 5.41) is 4.95. The van der Waals surface area contributed by atoms with Gasteiger partial charge in [-0.3, -0.25) is 19.3 Å². The fourth-order valence-corrected chi connectivity index (χ4v) is 4.36. The number of piperidine rings is 1. The molecule has 0 bridgehead atoms. The molecular weight excluding hydrogens is 397 g/mol. The van der Waals surface area contributed by atoms with Crippen LogP contribution in [0.4, 0.5) is 4.39 Å². The van der Waals surface area contributed by atoms with E-state index in [4.69, 9.17) is 5.73 Å². The number of hydrogen-bond acceptors (Lipinski definition) is 4. The van der Waals surface area contributed by atoms with Crippen molar-refractivity contribution >= 4 is 22.7 Å². The van der Waals surface area contributed by atoms with Gasteiger partial charge in [0.15, 0.2) is 0 Å². The number of fused-ring (bicyclic) bond motifs is 1. The first-order valence-electron chi connectivity index (χ1n) is 10.5. The van der Waals surface area contributed by atoms with E-state index in [2.05, 4.69) is 10.1 Å². The third kappa shape index (κ3) is 4.42. The van der Waals surface area contributed by atoms with Gasteiger partial charge >= 0.3 is 0 Å². The van der Waals surface area contributed by atoms with Gasteiger partial charge in [-0.05, 0) is 57.0 Å². The lowest BCUT2D eigenvalue weighted by Gasteiger charge is -2.33. The Labute approximate surface area is 180 Å². The Kier molecular flexibility index (Phi) is 5.71. The summed E-state index contributed by atoms with van der Waals surface area (Å²) in [7, 11) is 0. The molecule has 162 valence electrons. The summed E-state index contributed by atoms with van der Waals surface area (Å²) in [5.74, 6) is -1.03. The molecule has 4 rings (SSSR count). The van der Waals surface area contributed by atoms with Gasteiger partial charge in [-0.25, -0.2) is 4.39 Å². The summed E-state index contributed by atoms with van der Waals surface area (Å²) >= 11 is 0. The van der Waals surface area contributed by atoms with E-state index >= 15 is 0 Å². The van der Waals surface area contributed by atoms with Crippen molar-refractivity contribution in [3.8, 4) is 0 Å². The minimum atomic E-state index is -0.596. The molecule has 3 heterocycles. The third-order valence-electron chi connectivity index (χ3n) is 5.87. The van der Waals surface area contributed by atoms with Crippen LogP contribution in [0.2, 0.25) is 0 Å². The number of pyridine rings is 1. The summed E-state index contributed by atoms with van der Waals surface area (Å²) < 4.78 is 15.4. The number of amides is 2. The summed E-state index contributed by atoms with van der Waals surface area (Å²) in [6, 6.07) is 7.88. The number of carbonyl (C=O) groups is 2. The highest BCUT2D eigenvalue weighted by Crippen LogP contribution is 2.30. The van der Waals surface area contributed by atoms with Gasteiger partial charge in [-0.15, -0.1) is 0 Å². The molecule has 0 aliphatic carbocycles. The maximum atomic E-state index is 13.6. The van der Waals surface area contributed by atoms with Crippen molar-refractivity contribution in [2.75, 3.05) is 13.1 Å². The predicted octanol–water partition coefficient (Wildman–Crippen LogP) is 3.08. The second-order valence-electron chi connectivity index (χ2n) is 8.20. The number of carbonyl (C=O) groups excluding carboxylic acids is 2. The Hall–Kier alpha value is -3.29. The Morgan fingerprint density at radius 3 is 2.74 bits per heavy atom. The molecule has 1 aliphatic rings. The zero-order chi connectivity index (χ0) is 22.1. The molecule has 1 saturated heterocycles. The van der Waals surface area contributed by atoms with Crippen molar-refractivity contribution in [3.63, 3.8) is 0 Å². The highest BCUT2D eigenvalue weighted by molar-refractivity contribution is 5.97. The minimum Gasteiger partial charge on any atom is -0.366 e. The molecule has 7 nitrogen and oxygen atoms in total. The Bertz CT molecular complexity index is 1160. The van der Waals surface area contributed by atoms with Crippen LogP contribution < -0.4 is 5.73 Å². The van der Waals surface area contributed by atoms with Crippen LogP contribution >= 0.6 is 0 Å². The first-order valence-corrected chi connectivity index (χ1v) is 10.5. The van der Waals surface area contributed by atoms with Gasteiger partial charge < -0.3 is 10.6 Å². The second-order valence-corrected chi connectivity index (χ2v) is 8.20. The number of hydrogen-bond donors (Lipinski definition) is 1. The van der Waals surface area contributed by atoms with Crippen molar-refractivity contribution in [2.24, 2.45) is 5.73 Å². The summed E-state index contributed by atoms with van der Waals surface area (Å²) in [6.07, 6.45) is 1.99. The zero-order valence-electron chi connectivity index (χ0n) is 17.8. The van der Waals surface area contributed by atoms with Crippen LogP contribution in [0, 0.1) is 19.7 Å². The van der Waals surface area contributed by atoms with Gasteiger partial charge in [0.2, 0.25) is 5.91 Å². The average molecular weight is 423 g/mol. The molecule has 0 radical (unpaired) electrons. The minimum absolute atomic E-state index is 0.0562. The topological polar surface area (TPSA) is 94.1 Å². The molecule has 1 atom stereocenters. The highest BCUT2D eigenvalue weighted by atomic mass is 19.1. The van der Waals surface area contributed by atoms with Gasteiger partial charge in [0.25, 0.3) is 5.91 Å². The van der Waals surface area contributed by atoms with Crippen molar-refractivity contribution in [3.05, 3.63) is 58.8 Å². The van der Waals surface area contributed by atoms with Crippen molar-refractivity contribution in [1.82, 2.24) is 19.7 Å². The standard InChI is InChI=1S/C23H26FN5O2/c1-14-10-15(2)29(27-14)9-7-21(30)28-8-3-4-16(13-28)22-19(23(25)31)12-17-11-18(24)5-6-20(17)26-22/h5-6,10-12,16H,3-4,7-9,13H2,1-2H3,(H2,25,31)/t16-/m1/s1. The van der Waals surface area contributed by atoms with E-state index in [0.29, 0.717) is 48.2 Å². The number of primary amides is 1. The fraction of sp³-hybridized carbons (Fsp3) is 0.391. The number of nitrogens with two attached hydrogens (primary N) is 1. The van der Waals surface area contributed by atoms with E-state index in [0.717, 1.165) is 24.2 Å². The molecule has 1 fully saturated rings. The fourth-order valence-electron chi connectivity index (χ4n) is 4.36. The van der Waals surface area contributed by atoms with Crippen LogP contribution in [0.1, 0.15) is 52.6 Å². The molecule has 8 heteroatoms. The molecule has 1 aliphatic heterocycles. The molecule has 0 spiro atoms. The van der Waals surface area contributed by atoms with Crippen molar-refractivity contribution < 1.29 is 14.0 Å². The van der Waals surface area contributed by atoms with E-state index in [1.54, 1.807) is 12.1 Å². The van der Waals surface area contributed by atoms with Crippen LogP contribution in [0.15, 0.2) is 30.3 Å². The van der Waals surface area contributed by atoms with Crippen LogP contribution in [0.3, 0.4) is 0 Å². The molecule has 1 aromatic carbocycles. The molecule has 3 aromatic rings. The number of rotatable bonds is 5. The van der Waals surface area contributed by atoms with Crippen LogP contribution in [0.25, 0.3) is 10.9 Å². The monoisotopic (exact) mass is 423 g/mol. The summed E-state index contributed by atoms with van der Waals surface area (Å²) in [4.78, 5) is 31.4. The Morgan fingerprint density at radius 2 is 2.03 bits per heavy atom. The number of likely N-dealkylation sites (tertiary alicyclic amines) is 1. The van der Waals surface area contributed by atoms with Crippen molar-refractivity contribution in [2.45, 2.75) is 45.6 Å². The molecule has 2 aromatic heterocycles. The molecular formula is C23H26FN5O2. The molecule has 2 amide bonds. The van der Waals surface area contributed by atoms with E-state index < -0.39 is 11.7 Å². The molecule has 31 heavy (non-hydrogen) atoms. The van der Waals surface area contributed by atoms with E-state index in [1.165, 1.54) is 12.1 Å². The lowest BCUT2D eigenvalue weighted by Crippen LogP contribution is -2.40. The third-order valence-corrected chi connectivity index (χ3v) is 5.87. The van der Waals surface area contributed by atoms with Gasteiger partial charge in [0.1, 0.15) is 5.82 Å². The van der Waals surface area contributed by atoms with E-state index in [-0.39, 0.29) is 11.8 Å². The van der Waals surface area contributed by atoms with Crippen molar-refractivity contribution in [1.29, 1.82) is 0 Å². The first-order chi connectivity index (χ1) is 14.8. The quantitative estimate of drug-likeness (QED) is 0.682. The van der Waals surface area contributed by atoms with Gasteiger partial charge in [0, 0.05) is 43.1 Å². The number of benzene rings is 1. The predicted molar refractivity (Wildman–Crippen MR) is 115 cm³/mol. The van der Waals surface area contributed by atoms with E-state index in [1.807, 2.05) is 29.5 Å². The van der Waals surface area contributed by atoms with Gasteiger partial charge in [-0.2, -0.15) is 5.10 Å². The number of nitrogens with zero attached hydrogens (tertiary/aromatic N) is 4. The number of aryl methyl sites for hydroxylation is 3. The summed E-state index contributed by atoms with van der Waals surface area (Å²) in [6.45, 7) is 5.60. The Balaban J connectivity index is 1.53.